The smallest absolute Gasteiger partial charge is 0.232 e. The van der Waals surface area contributed by atoms with Crippen molar-refractivity contribution >= 4 is 23.2 Å². The summed E-state index contributed by atoms with van der Waals surface area (Å²) in [6.07, 6.45) is 0.175. The second kappa shape index (κ2) is 7.92. The molecule has 1 heterocycles. The van der Waals surface area contributed by atoms with Crippen molar-refractivity contribution in [3.8, 4) is 11.5 Å². The molecular weight excluding hydrogens is 356 g/mol. The van der Waals surface area contributed by atoms with Crippen LogP contribution < -0.4 is 19.3 Å². The van der Waals surface area contributed by atoms with Crippen LogP contribution in [0.25, 0.3) is 0 Å². The summed E-state index contributed by atoms with van der Waals surface area (Å²) in [5.41, 5.74) is 3.68. The van der Waals surface area contributed by atoms with Crippen molar-refractivity contribution in [1.82, 2.24) is 0 Å². The van der Waals surface area contributed by atoms with Crippen LogP contribution in [0.4, 0.5) is 11.4 Å². The van der Waals surface area contributed by atoms with Gasteiger partial charge in [-0.2, -0.15) is 0 Å². The molecular formula is C22H26N2O4. The summed E-state index contributed by atoms with van der Waals surface area (Å²) in [5.74, 6) is 0.634. The first-order valence-corrected chi connectivity index (χ1v) is 9.23. The molecule has 0 aliphatic carbocycles. The Bertz CT molecular complexity index is 909. The third-order valence-corrected chi connectivity index (χ3v) is 5.42. The highest BCUT2D eigenvalue weighted by Gasteiger charge is 2.38. The average molecular weight is 382 g/mol. The van der Waals surface area contributed by atoms with Gasteiger partial charge in [-0.3, -0.25) is 9.59 Å². The standard InChI is InChI=1S/C22H26N2O4/c1-14-7-6-8-18(15(14)2)23(3)22(26)16-11-21(25)24(13-16)19-12-17(27-4)9-10-20(19)28-5/h6-10,12,16H,11,13H2,1-5H3. The fourth-order valence-corrected chi connectivity index (χ4v) is 3.61. The highest BCUT2D eigenvalue weighted by atomic mass is 16.5. The molecule has 1 aliphatic rings. The highest BCUT2D eigenvalue weighted by Crippen LogP contribution is 2.36. The lowest BCUT2D eigenvalue weighted by molar-refractivity contribution is -0.124. The lowest BCUT2D eigenvalue weighted by atomic mass is 10.0. The van der Waals surface area contributed by atoms with Gasteiger partial charge in [0.2, 0.25) is 11.8 Å². The van der Waals surface area contributed by atoms with Crippen LogP contribution in [0.1, 0.15) is 17.5 Å². The van der Waals surface area contributed by atoms with Crippen molar-refractivity contribution in [3.05, 3.63) is 47.5 Å². The van der Waals surface area contributed by atoms with E-state index in [1.807, 2.05) is 32.0 Å². The van der Waals surface area contributed by atoms with E-state index in [2.05, 4.69) is 0 Å². The first kappa shape index (κ1) is 19.7. The molecule has 0 spiro atoms. The fraction of sp³-hybridized carbons (Fsp3) is 0.364. The van der Waals surface area contributed by atoms with Gasteiger partial charge in [0, 0.05) is 31.8 Å². The number of benzene rings is 2. The number of carbonyl (C=O) groups is 2. The minimum atomic E-state index is -0.409. The third-order valence-electron chi connectivity index (χ3n) is 5.42. The number of amides is 2. The zero-order valence-electron chi connectivity index (χ0n) is 17.0. The summed E-state index contributed by atoms with van der Waals surface area (Å²) in [5, 5.41) is 0. The number of aryl methyl sites for hydroxylation is 1. The van der Waals surface area contributed by atoms with Crippen LogP contribution in [-0.4, -0.2) is 39.6 Å². The summed E-state index contributed by atoms with van der Waals surface area (Å²) in [6, 6.07) is 11.2. The Morgan fingerprint density at radius 2 is 1.89 bits per heavy atom. The molecule has 0 aromatic heterocycles. The second-order valence-electron chi connectivity index (χ2n) is 7.06. The normalized spacial score (nSPS) is 16.2. The lowest BCUT2D eigenvalue weighted by Gasteiger charge is -2.24. The molecule has 6 nitrogen and oxygen atoms in total. The molecule has 1 unspecified atom stereocenters. The van der Waals surface area contributed by atoms with Gasteiger partial charge in [-0.25, -0.2) is 0 Å². The molecule has 1 atom stereocenters. The second-order valence-corrected chi connectivity index (χ2v) is 7.06. The number of hydrogen-bond donors (Lipinski definition) is 0. The third kappa shape index (κ3) is 3.54. The van der Waals surface area contributed by atoms with E-state index in [1.54, 1.807) is 49.3 Å². The Morgan fingerprint density at radius 1 is 1.14 bits per heavy atom. The van der Waals surface area contributed by atoms with E-state index in [1.165, 1.54) is 0 Å². The predicted octanol–water partition coefficient (Wildman–Crippen LogP) is 3.34. The van der Waals surface area contributed by atoms with Crippen LogP contribution in [0.3, 0.4) is 0 Å². The number of rotatable bonds is 5. The van der Waals surface area contributed by atoms with Crippen molar-refractivity contribution in [2.45, 2.75) is 20.3 Å². The highest BCUT2D eigenvalue weighted by molar-refractivity contribution is 6.05. The van der Waals surface area contributed by atoms with E-state index in [0.29, 0.717) is 23.7 Å². The molecule has 3 rings (SSSR count). The van der Waals surface area contributed by atoms with Gasteiger partial charge in [0.1, 0.15) is 11.5 Å². The predicted molar refractivity (Wildman–Crippen MR) is 109 cm³/mol. The molecule has 6 heteroatoms. The Morgan fingerprint density at radius 3 is 2.57 bits per heavy atom. The summed E-state index contributed by atoms with van der Waals surface area (Å²) in [4.78, 5) is 29.1. The molecule has 0 saturated carbocycles. The van der Waals surface area contributed by atoms with Crippen molar-refractivity contribution in [1.29, 1.82) is 0 Å². The number of carbonyl (C=O) groups excluding carboxylic acids is 2. The number of hydrogen-bond acceptors (Lipinski definition) is 4. The minimum absolute atomic E-state index is 0.0635. The molecule has 1 fully saturated rings. The number of nitrogens with zero attached hydrogens (tertiary/aromatic N) is 2. The van der Waals surface area contributed by atoms with E-state index < -0.39 is 5.92 Å². The Labute approximate surface area is 165 Å². The SMILES string of the molecule is COc1ccc(OC)c(N2CC(C(=O)N(C)c3cccc(C)c3C)CC2=O)c1. The molecule has 1 aliphatic heterocycles. The van der Waals surface area contributed by atoms with Gasteiger partial charge in [-0.05, 0) is 43.2 Å². The molecule has 148 valence electrons. The van der Waals surface area contributed by atoms with Crippen LogP contribution in [0.15, 0.2) is 36.4 Å². The molecule has 2 aromatic rings. The first-order valence-electron chi connectivity index (χ1n) is 9.23. The van der Waals surface area contributed by atoms with Crippen LogP contribution >= 0.6 is 0 Å². The maximum atomic E-state index is 13.1. The van der Waals surface area contributed by atoms with Gasteiger partial charge in [0.15, 0.2) is 0 Å². The molecule has 2 amide bonds. The summed E-state index contributed by atoms with van der Waals surface area (Å²) in [6.45, 7) is 4.34. The molecule has 2 aromatic carbocycles. The van der Waals surface area contributed by atoms with E-state index in [-0.39, 0.29) is 18.2 Å². The van der Waals surface area contributed by atoms with Gasteiger partial charge in [-0.15, -0.1) is 0 Å². The van der Waals surface area contributed by atoms with E-state index in [4.69, 9.17) is 9.47 Å². The molecule has 28 heavy (non-hydrogen) atoms. The average Bonchev–Trinajstić information content (AvgIpc) is 3.09. The van der Waals surface area contributed by atoms with Gasteiger partial charge >= 0.3 is 0 Å². The van der Waals surface area contributed by atoms with E-state index in [0.717, 1.165) is 16.8 Å². The summed E-state index contributed by atoms with van der Waals surface area (Å²) >= 11 is 0. The minimum Gasteiger partial charge on any atom is -0.497 e. The van der Waals surface area contributed by atoms with Crippen molar-refractivity contribution in [3.63, 3.8) is 0 Å². The van der Waals surface area contributed by atoms with Crippen molar-refractivity contribution in [2.24, 2.45) is 5.92 Å². The van der Waals surface area contributed by atoms with Gasteiger partial charge in [0.25, 0.3) is 0 Å². The van der Waals surface area contributed by atoms with Gasteiger partial charge in [-0.1, -0.05) is 12.1 Å². The summed E-state index contributed by atoms with van der Waals surface area (Å²) < 4.78 is 10.7. The topological polar surface area (TPSA) is 59.1 Å². The van der Waals surface area contributed by atoms with Crippen molar-refractivity contribution < 1.29 is 19.1 Å². The number of ether oxygens (including phenoxy) is 2. The Hall–Kier alpha value is -3.02. The van der Waals surface area contributed by atoms with E-state index >= 15 is 0 Å². The van der Waals surface area contributed by atoms with E-state index in [9.17, 15) is 9.59 Å². The molecule has 1 saturated heterocycles. The van der Waals surface area contributed by atoms with Gasteiger partial charge < -0.3 is 19.3 Å². The molecule has 0 N–H and O–H groups in total. The Kier molecular flexibility index (Phi) is 5.58. The zero-order valence-corrected chi connectivity index (χ0v) is 17.0. The quantitative estimate of drug-likeness (QED) is 0.796. The largest absolute Gasteiger partial charge is 0.497 e. The molecule has 0 radical (unpaired) electrons. The van der Waals surface area contributed by atoms with Crippen molar-refractivity contribution in [2.75, 3.05) is 37.6 Å². The Balaban J connectivity index is 1.84. The number of methoxy groups -OCH3 is 2. The van der Waals surface area contributed by atoms with Crippen LogP contribution in [0, 0.1) is 19.8 Å². The monoisotopic (exact) mass is 382 g/mol. The molecule has 0 bridgehead atoms. The van der Waals surface area contributed by atoms with Crippen LogP contribution in [0.2, 0.25) is 0 Å². The fourth-order valence-electron chi connectivity index (χ4n) is 3.61. The zero-order chi connectivity index (χ0) is 20.4. The maximum Gasteiger partial charge on any atom is 0.232 e. The first-order chi connectivity index (χ1) is 13.4. The van der Waals surface area contributed by atoms with Crippen LogP contribution in [-0.2, 0) is 9.59 Å². The maximum absolute atomic E-state index is 13.1. The summed E-state index contributed by atoms with van der Waals surface area (Å²) in [7, 11) is 4.90. The number of anilines is 2. The van der Waals surface area contributed by atoms with Gasteiger partial charge in [0.05, 0.1) is 25.8 Å². The lowest BCUT2D eigenvalue weighted by Crippen LogP contribution is -2.35. The van der Waals surface area contributed by atoms with Crippen LogP contribution in [0.5, 0.6) is 11.5 Å².